The highest BCUT2D eigenvalue weighted by molar-refractivity contribution is 6.14. The number of benzene rings is 2. The van der Waals surface area contributed by atoms with E-state index in [9.17, 15) is 4.79 Å². The summed E-state index contributed by atoms with van der Waals surface area (Å²) in [6.07, 6.45) is 2.92. The van der Waals surface area contributed by atoms with Crippen molar-refractivity contribution in [1.29, 1.82) is 0 Å². The van der Waals surface area contributed by atoms with Crippen LogP contribution in [0.5, 0.6) is 17.2 Å². The molecule has 4 rings (SSSR count). The van der Waals surface area contributed by atoms with Crippen LogP contribution in [-0.4, -0.2) is 75.2 Å². The maximum absolute atomic E-state index is 12.6. The minimum absolute atomic E-state index is 0.138. The number of carbonyl (C=O) groups is 1. The summed E-state index contributed by atoms with van der Waals surface area (Å²) in [5.41, 5.74) is 3.56. The summed E-state index contributed by atoms with van der Waals surface area (Å²) in [5.74, 6) is 2.12. The van der Waals surface area contributed by atoms with Gasteiger partial charge in [-0.15, -0.1) is 0 Å². The number of rotatable bonds is 5. The number of hydrogen-bond donors (Lipinski definition) is 1. The fourth-order valence-corrected chi connectivity index (χ4v) is 4.54. The van der Waals surface area contributed by atoms with Crippen LogP contribution in [-0.2, 0) is 6.42 Å². The van der Waals surface area contributed by atoms with E-state index in [1.165, 1.54) is 5.01 Å². The minimum Gasteiger partial charge on any atom is -0.493 e. The van der Waals surface area contributed by atoms with Gasteiger partial charge >= 0.3 is 6.03 Å². The predicted molar refractivity (Wildman–Crippen MR) is 132 cm³/mol. The highest BCUT2D eigenvalue weighted by atomic mass is 16.5. The van der Waals surface area contributed by atoms with E-state index >= 15 is 0 Å². The van der Waals surface area contributed by atoms with Crippen molar-refractivity contribution in [3.05, 3.63) is 53.1 Å². The lowest BCUT2D eigenvalue weighted by Crippen LogP contribution is -2.41. The van der Waals surface area contributed by atoms with Gasteiger partial charge in [-0.3, -0.25) is 0 Å². The number of likely N-dealkylation sites (tertiary alicyclic amines) is 1. The number of piperidine rings is 1. The molecule has 1 N–H and O–H groups in total. The van der Waals surface area contributed by atoms with E-state index in [1.54, 1.807) is 21.3 Å². The maximum Gasteiger partial charge on any atom is 0.337 e. The second-order valence-electron chi connectivity index (χ2n) is 8.91. The number of hydrazone groups is 1. The molecule has 1 atom stereocenters. The first-order chi connectivity index (χ1) is 16.4. The van der Waals surface area contributed by atoms with Crippen LogP contribution in [0, 0.1) is 0 Å². The average Bonchev–Trinajstić information content (AvgIpc) is 3.00. The van der Waals surface area contributed by atoms with E-state index in [1.807, 2.05) is 43.3 Å². The molecule has 0 aliphatic carbocycles. The SMILES string of the molecule is CNC(=O)N1N=C(c2ccc(OC3CCN(C)CC3)cc2)c2cc(OC)c(OC)cc2C[C@@H]1C. The van der Waals surface area contributed by atoms with Crippen molar-refractivity contribution in [2.45, 2.75) is 38.3 Å². The quantitative estimate of drug-likeness (QED) is 0.730. The Hall–Kier alpha value is -3.26. The molecule has 34 heavy (non-hydrogen) atoms. The monoisotopic (exact) mass is 466 g/mol. The molecule has 8 nitrogen and oxygen atoms in total. The third-order valence-corrected chi connectivity index (χ3v) is 6.52. The first-order valence-electron chi connectivity index (χ1n) is 11.7. The molecule has 2 aliphatic heterocycles. The first kappa shape index (κ1) is 23.9. The van der Waals surface area contributed by atoms with Gasteiger partial charge in [-0.25, -0.2) is 9.80 Å². The van der Waals surface area contributed by atoms with Crippen LogP contribution in [0.3, 0.4) is 0 Å². The molecule has 8 heteroatoms. The van der Waals surface area contributed by atoms with Crippen LogP contribution in [0.25, 0.3) is 0 Å². The van der Waals surface area contributed by atoms with Crippen LogP contribution in [0.1, 0.15) is 36.5 Å². The molecule has 2 amide bonds. The van der Waals surface area contributed by atoms with Gasteiger partial charge in [0.1, 0.15) is 11.9 Å². The molecule has 1 fully saturated rings. The van der Waals surface area contributed by atoms with Crippen molar-refractivity contribution in [3.8, 4) is 17.2 Å². The van der Waals surface area contributed by atoms with Gasteiger partial charge in [-0.2, -0.15) is 5.10 Å². The number of nitrogens with zero attached hydrogens (tertiary/aromatic N) is 3. The third-order valence-electron chi connectivity index (χ3n) is 6.52. The highest BCUT2D eigenvalue weighted by Gasteiger charge is 2.28. The van der Waals surface area contributed by atoms with Gasteiger partial charge in [0.25, 0.3) is 0 Å². The summed E-state index contributed by atoms with van der Waals surface area (Å²) in [5, 5.41) is 9.03. The zero-order valence-corrected chi connectivity index (χ0v) is 20.6. The summed E-state index contributed by atoms with van der Waals surface area (Å²) in [7, 11) is 7.00. The maximum atomic E-state index is 12.6. The Kier molecular flexibility index (Phi) is 7.26. The topological polar surface area (TPSA) is 75.6 Å². The molecule has 0 radical (unpaired) electrons. The molecular formula is C26H34N4O4. The molecule has 2 heterocycles. The van der Waals surface area contributed by atoms with E-state index in [-0.39, 0.29) is 18.2 Å². The van der Waals surface area contributed by atoms with Crippen LogP contribution < -0.4 is 19.5 Å². The standard InChI is InChI=1S/C26H34N4O4/c1-17-14-19-15-23(32-4)24(33-5)16-22(19)25(28-30(17)26(31)27-2)18-6-8-20(9-7-18)34-21-10-12-29(3)13-11-21/h6-9,15-17,21H,10-14H2,1-5H3,(H,27,31)/t17-/m0/s1. The van der Waals surface area contributed by atoms with Crippen molar-refractivity contribution >= 4 is 11.7 Å². The van der Waals surface area contributed by atoms with Crippen LogP contribution in [0.15, 0.2) is 41.5 Å². The van der Waals surface area contributed by atoms with Crippen molar-refractivity contribution in [3.63, 3.8) is 0 Å². The summed E-state index contributed by atoms with van der Waals surface area (Å²) in [6.45, 7) is 4.09. The number of ether oxygens (including phenoxy) is 3. The number of fused-ring (bicyclic) bond motifs is 1. The van der Waals surface area contributed by atoms with Gasteiger partial charge in [-0.05, 0) is 75.2 Å². The fraction of sp³-hybridized carbons (Fsp3) is 0.462. The van der Waals surface area contributed by atoms with E-state index in [2.05, 4.69) is 17.3 Å². The predicted octanol–water partition coefficient (Wildman–Crippen LogP) is 3.52. The Morgan fingerprint density at radius 1 is 1.06 bits per heavy atom. The number of methoxy groups -OCH3 is 2. The Bertz CT molecular complexity index is 1050. The lowest BCUT2D eigenvalue weighted by atomic mass is 9.94. The molecule has 0 aromatic heterocycles. The average molecular weight is 467 g/mol. The van der Waals surface area contributed by atoms with Crippen molar-refractivity contribution in [2.24, 2.45) is 5.10 Å². The second-order valence-corrected chi connectivity index (χ2v) is 8.91. The van der Waals surface area contributed by atoms with Crippen molar-refractivity contribution in [1.82, 2.24) is 15.2 Å². The Morgan fingerprint density at radius 2 is 1.71 bits per heavy atom. The van der Waals surface area contributed by atoms with E-state index < -0.39 is 0 Å². The highest BCUT2D eigenvalue weighted by Crippen LogP contribution is 2.35. The largest absolute Gasteiger partial charge is 0.493 e. The summed E-state index contributed by atoms with van der Waals surface area (Å²) in [4.78, 5) is 15.0. The third kappa shape index (κ3) is 4.97. The van der Waals surface area contributed by atoms with Crippen molar-refractivity contribution < 1.29 is 19.0 Å². The normalized spacial score (nSPS) is 19.0. The van der Waals surface area contributed by atoms with E-state index in [0.29, 0.717) is 23.6 Å². The molecule has 0 saturated carbocycles. The van der Waals surface area contributed by atoms with E-state index in [0.717, 1.165) is 48.4 Å². The minimum atomic E-state index is -0.251. The van der Waals surface area contributed by atoms with Gasteiger partial charge in [0.2, 0.25) is 0 Å². The molecular weight excluding hydrogens is 432 g/mol. The van der Waals surface area contributed by atoms with Gasteiger partial charge in [-0.1, -0.05) is 0 Å². The second kappa shape index (κ2) is 10.3. The van der Waals surface area contributed by atoms with Crippen LogP contribution in [0.4, 0.5) is 4.79 Å². The van der Waals surface area contributed by atoms with Gasteiger partial charge in [0.15, 0.2) is 11.5 Å². The smallest absolute Gasteiger partial charge is 0.337 e. The zero-order valence-electron chi connectivity index (χ0n) is 20.6. The lowest BCUT2D eigenvalue weighted by molar-refractivity contribution is 0.114. The number of amides is 2. The lowest BCUT2D eigenvalue weighted by Gasteiger charge is -2.29. The molecule has 0 spiro atoms. The van der Waals surface area contributed by atoms with Gasteiger partial charge < -0.3 is 24.4 Å². The van der Waals surface area contributed by atoms with Crippen LogP contribution >= 0.6 is 0 Å². The molecule has 2 aromatic rings. The molecule has 2 aromatic carbocycles. The number of carbonyl (C=O) groups excluding carboxylic acids is 1. The molecule has 0 unspecified atom stereocenters. The summed E-state index contributed by atoms with van der Waals surface area (Å²) >= 11 is 0. The zero-order chi connectivity index (χ0) is 24.2. The molecule has 182 valence electrons. The summed E-state index contributed by atoms with van der Waals surface area (Å²) < 4.78 is 17.3. The Balaban J connectivity index is 1.70. The van der Waals surface area contributed by atoms with Gasteiger partial charge in [0, 0.05) is 31.3 Å². The first-order valence-corrected chi connectivity index (χ1v) is 11.7. The number of hydrogen-bond acceptors (Lipinski definition) is 6. The number of urea groups is 1. The Labute approximate surface area is 201 Å². The molecule has 2 aliphatic rings. The molecule has 1 saturated heterocycles. The molecule has 0 bridgehead atoms. The van der Waals surface area contributed by atoms with Crippen molar-refractivity contribution in [2.75, 3.05) is 41.4 Å². The van der Waals surface area contributed by atoms with Gasteiger partial charge in [0.05, 0.1) is 26.0 Å². The summed E-state index contributed by atoms with van der Waals surface area (Å²) in [6, 6.07) is 11.5. The van der Waals surface area contributed by atoms with Crippen LogP contribution in [0.2, 0.25) is 0 Å². The number of nitrogens with one attached hydrogen (secondary N) is 1. The Morgan fingerprint density at radius 3 is 2.32 bits per heavy atom. The fourth-order valence-electron chi connectivity index (χ4n) is 4.54. The van der Waals surface area contributed by atoms with E-state index in [4.69, 9.17) is 19.3 Å².